The summed E-state index contributed by atoms with van der Waals surface area (Å²) in [6, 6.07) is 11.1. The summed E-state index contributed by atoms with van der Waals surface area (Å²) >= 11 is 0. The summed E-state index contributed by atoms with van der Waals surface area (Å²) in [6.07, 6.45) is 0.646. The molecule has 2 aromatic carbocycles. The van der Waals surface area contributed by atoms with Crippen LogP contribution in [0.25, 0.3) is 0 Å². The van der Waals surface area contributed by atoms with Gasteiger partial charge in [0.25, 0.3) is 5.91 Å². The molecular formula is C21H22FNO5. The first-order valence-electron chi connectivity index (χ1n) is 9.16. The quantitative estimate of drug-likeness (QED) is 0.651. The maximum Gasteiger partial charge on any atom is 0.307 e. The van der Waals surface area contributed by atoms with E-state index in [1.165, 1.54) is 12.1 Å². The van der Waals surface area contributed by atoms with Gasteiger partial charge in [-0.05, 0) is 49.2 Å². The van der Waals surface area contributed by atoms with E-state index in [1.54, 1.807) is 42.2 Å². The molecule has 1 aliphatic heterocycles. The van der Waals surface area contributed by atoms with Gasteiger partial charge in [-0.3, -0.25) is 9.59 Å². The van der Waals surface area contributed by atoms with Gasteiger partial charge in [-0.25, -0.2) is 4.39 Å². The molecule has 148 valence electrons. The Morgan fingerprint density at radius 2 is 1.82 bits per heavy atom. The third kappa shape index (κ3) is 5.00. The molecule has 0 N–H and O–H groups in total. The smallest absolute Gasteiger partial charge is 0.307 e. The number of esters is 1. The molecule has 0 saturated carbocycles. The van der Waals surface area contributed by atoms with Crippen LogP contribution in [0.1, 0.15) is 29.3 Å². The van der Waals surface area contributed by atoms with Gasteiger partial charge >= 0.3 is 5.97 Å². The van der Waals surface area contributed by atoms with Gasteiger partial charge in [0.15, 0.2) is 11.5 Å². The maximum atomic E-state index is 13.1. The minimum atomic E-state index is -0.354. The van der Waals surface area contributed by atoms with Crippen molar-refractivity contribution in [1.82, 2.24) is 4.90 Å². The van der Waals surface area contributed by atoms with Crippen LogP contribution in [0.3, 0.4) is 0 Å². The van der Waals surface area contributed by atoms with Crippen LogP contribution in [-0.4, -0.2) is 43.3 Å². The predicted molar refractivity (Wildman–Crippen MR) is 99.8 cm³/mol. The summed E-state index contributed by atoms with van der Waals surface area (Å²) in [6.45, 7) is 2.78. The van der Waals surface area contributed by atoms with Gasteiger partial charge in [0, 0.05) is 18.7 Å². The molecule has 0 saturated heterocycles. The number of carbonyl (C=O) groups is 2. The number of hydrogen-bond donors (Lipinski definition) is 0. The third-order valence-electron chi connectivity index (χ3n) is 4.38. The lowest BCUT2D eigenvalue weighted by molar-refractivity contribution is -0.143. The molecule has 0 aliphatic carbocycles. The van der Waals surface area contributed by atoms with E-state index in [4.69, 9.17) is 14.2 Å². The van der Waals surface area contributed by atoms with E-state index in [0.717, 1.165) is 5.56 Å². The van der Waals surface area contributed by atoms with Crippen molar-refractivity contribution >= 4 is 11.9 Å². The van der Waals surface area contributed by atoms with E-state index < -0.39 is 0 Å². The fourth-order valence-corrected chi connectivity index (χ4v) is 2.90. The van der Waals surface area contributed by atoms with Crippen molar-refractivity contribution in [2.75, 3.05) is 26.5 Å². The zero-order valence-electron chi connectivity index (χ0n) is 15.7. The fourth-order valence-electron chi connectivity index (χ4n) is 2.90. The number of nitrogens with zero attached hydrogens (tertiary/aromatic N) is 1. The van der Waals surface area contributed by atoms with Gasteiger partial charge in [0.05, 0.1) is 13.0 Å². The van der Waals surface area contributed by atoms with Crippen molar-refractivity contribution in [3.63, 3.8) is 0 Å². The molecule has 7 heteroatoms. The van der Waals surface area contributed by atoms with Crippen LogP contribution in [0.2, 0.25) is 0 Å². The Labute approximate surface area is 162 Å². The summed E-state index contributed by atoms with van der Waals surface area (Å²) in [5.41, 5.74) is 1.35. The molecular weight excluding hydrogens is 365 g/mol. The van der Waals surface area contributed by atoms with Gasteiger partial charge in [-0.1, -0.05) is 12.1 Å². The third-order valence-corrected chi connectivity index (χ3v) is 4.38. The van der Waals surface area contributed by atoms with E-state index in [2.05, 4.69) is 0 Å². The second-order valence-corrected chi connectivity index (χ2v) is 6.29. The SMILES string of the molecule is CCOC(=O)CCN(CCc1ccc(F)cc1)C(=O)c1ccc2c(c1)OCO2. The van der Waals surface area contributed by atoms with Gasteiger partial charge in [-0.2, -0.15) is 0 Å². The van der Waals surface area contributed by atoms with Gasteiger partial charge in [0.1, 0.15) is 5.82 Å². The summed E-state index contributed by atoms with van der Waals surface area (Å²) in [5, 5.41) is 0. The molecule has 0 atom stereocenters. The molecule has 0 spiro atoms. The van der Waals surface area contributed by atoms with Crippen LogP contribution in [-0.2, 0) is 16.0 Å². The molecule has 1 heterocycles. The van der Waals surface area contributed by atoms with E-state index in [0.29, 0.717) is 36.6 Å². The van der Waals surface area contributed by atoms with Crippen molar-refractivity contribution in [2.24, 2.45) is 0 Å². The average molecular weight is 387 g/mol. The molecule has 1 amide bonds. The zero-order chi connectivity index (χ0) is 19.9. The van der Waals surface area contributed by atoms with Crippen molar-refractivity contribution in [1.29, 1.82) is 0 Å². The minimum absolute atomic E-state index is 0.105. The Bertz CT molecular complexity index is 837. The van der Waals surface area contributed by atoms with E-state index in [9.17, 15) is 14.0 Å². The topological polar surface area (TPSA) is 65.1 Å². The Morgan fingerprint density at radius 1 is 1.07 bits per heavy atom. The molecule has 1 aliphatic rings. The summed E-state index contributed by atoms with van der Waals surface area (Å²) < 4.78 is 28.7. The van der Waals surface area contributed by atoms with E-state index in [-0.39, 0.29) is 37.5 Å². The molecule has 0 bridgehead atoms. The number of fused-ring (bicyclic) bond motifs is 1. The average Bonchev–Trinajstić information content (AvgIpc) is 3.17. The van der Waals surface area contributed by atoms with E-state index in [1.807, 2.05) is 0 Å². The summed E-state index contributed by atoms with van der Waals surface area (Å²) in [7, 11) is 0. The van der Waals surface area contributed by atoms with E-state index >= 15 is 0 Å². The first-order chi connectivity index (χ1) is 13.6. The lowest BCUT2D eigenvalue weighted by Crippen LogP contribution is -2.35. The Balaban J connectivity index is 1.71. The van der Waals surface area contributed by atoms with Gasteiger partial charge in [0.2, 0.25) is 6.79 Å². The normalized spacial score (nSPS) is 11.9. The number of benzene rings is 2. The molecule has 0 fully saturated rings. The van der Waals surface area contributed by atoms with Crippen LogP contribution in [0.4, 0.5) is 4.39 Å². The maximum absolute atomic E-state index is 13.1. The number of ether oxygens (including phenoxy) is 3. The van der Waals surface area contributed by atoms with Crippen molar-refractivity contribution < 1.29 is 28.2 Å². The van der Waals surface area contributed by atoms with Gasteiger partial charge in [-0.15, -0.1) is 0 Å². The highest BCUT2D eigenvalue weighted by molar-refractivity contribution is 5.95. The molecule has 0 unspecified atom stereocenters. The van der Waals surface area contributed by atoms with Crippen molar-refractivity contribution in [2.45, 2.75) is 19.8 Å². The number of rotatable bonds is 8. The molecule has 28 heavy (non-hydrogen) atoms. The number of amides is 1. The minimum Gasteiger partial charge on any atom is -0.466 e. The predicted octanol–water partition coefficient (Wildman–Crippen LogP) is 3.19. The van der Waals surface area contributed by atoms with Crippen LogP contribution in [0.5, 0.6) is 11.5 Å². The lowest BCUT2D eigenvalue weighted by atomic mass is 10.1. The second kappa shape index (κ2) is 9.21. The van der Waals surface area contributed by atoms with Crippen LogP contribution in [0, 0.1) is 5.82 Å². The zero-order valence-corrected chi connectivity index (χ0v) is 15.7. The number of halogens is 1. The monoisotopic (exact) mass is 387 g/mol. The molecule has 3 rings (SSSR count). The first-order valence-corrected chi connectivity index (χ1v) is 9.16. The highest BCUT2D eigenvalue weighted by atomic mass is 19.1. The Morgan fingerprint density at radius 3 is 2.57 bits per heavy atom. The number of hydrogen-bond acceptors (Lipinski definition) is 5. The first kappa shape index (κ1) is 19.7. The largest absolute Gasteiger partial charge is 0.466 e. The molecule has 0 aromatic heterocycles. The second-order valence-electron chi connectivity index (χ2n) is 6.29. The molecule has 0 radical (unpaired) electrons. The molecule has 6 nitrogen and oxygen atoms in total. The Hall–Kier alpha value is -3.09. The molecule has 2 aromatic rings. The van der Waals surface area contributed by atoms with Crippen molar-refractivity contribution in [3.8, 4) is 11.5 Å². The van der Waals surface area contributed by atoms with Crippen LogP contribution < -0.4 is 9.47 Å². The highest BCUT2D eigenvalue weighted by Gasteiger charge is 2.21. The number of carbonyl (C=O) groups excluding carboxylic acids is 2. The highest BCUT2D eigenvalue weighted by Crippen LogP contribution is 2.32. The fraction of sp³-hybridized carbons (Fsp3) is 0.333. The lowest BCUT2D eigenvalue weighted by Gasteiger charge is -2.23. The summed E-state index contributed by atoms with van der Waals surface area (Å²) in [5.74, 6) is 0.243. The summed E-state index contributed by atoms with van der Waals surface area (Å²) in [4.78, 5) is 26.3. The van der Waals surface area contributed by atoms with Gasteiger partial charge < -0.3 is 19.1 Å². The Kier molecular flexibility index (Phi) is 6.47. The standard InChI is InChI=1S/C21H22FNO5/c1-2-26-20(24)10-12-23(11-9-15-3-6-17(22)7-4-15)21(25)16-5-8-18-19(13-16)28-14-27-18/h3-8,13H,2,9-12,14H2,1H3. The van der Waals surface area contributed by atoms with Crippen LogP contribution >= 0.6 is 0 Å². The van der Waals surface area contributed by atoms with Crippen LogP contribution in [0.15, 0.2) is 42.5 Å². The van der Waals surface area contributed by atoms with Crippen molar-refractivity contribution in [3.05, 3.63) is 59.4 Å².